The molecule has 2 atom stereocenters. The van der Waals surface area contributed by atoms with E-state index in [1.165, 1.54) is 4.90 Å². The van der Waals surface area contributed by atoms with Crippen LogP contribution in [0.25, 0.3) is 0 Å². The van der Waals surface area contributed by atoms with Crippen LogP contribution in [0.3, 0.4) is 0 Å². The maximum absolute atomic E-state index is 12.2. The Bertz CT molecular complexity index is 456. The van der Waals surface area contributed by atoms with Gasteiger partial charge in [0.2, 0.25) is 11.8 Å². The number of fused-ring (bicyclic) bond motifs is 1. The first kappa shape index (κ1) is 10.5. The van der Waals surface area contributed by atoms with Crippen LogP contribution in [-0.2, 0) is 9.59 Å². The van der Waals surface area contributed by atoms with E-state index in [9.17, 15) is 9.59 Å². The Hall–Kier alpha value is -1.65. The minimum Gasteiger partial charge on any atom is -0.360 e. The molecule has 1 saturated carbocycles. The van der Waals surface area contributed by atoms with Crippen LogP contribution in [-0.4, -0.2) is 17.0 Å². The zero-order chi connectivity index (χ0) is 12.0. The van der Waals surface area contributed by atoms with Gasteiger partial charge in [-0.1, -0.05) is 18.0 Å². The molecule has 2 amide bonds. The number of hydrogen-bond donors (Lipinski definition) is 0. The summed E-state index contributed by atoms with van der Waals surface area (Å²) in [6.45, 7) is 1.74. The van der Waals surface area contributed by atoms with Gasteiger partial charge in [0.05, 0.1) is 11.8 Å². The molecule has 5 nitrogen and oxygen atoms in total. The Labute approximate surface area is 98.8 Å². The lowest BCUT2D eigenvalue weighted by Gasteiger charge is -2.19. The number of aryl methyl sites for hydroxylation is 1. The van der Waals surface area contributed by atoms with Gasteiger partial charge < -0.3 is 4.52 Å². The van der Waals surface area contributed by atoms with Crippen molar-refractivity contribution >= 4 is 17.6 Å². The predicted octanol–water partition coefficient (Wildman–Crippen LogP) is 1.66. The Morgan fingerprint density at radius 3 is 2.29 bits per heavy atom. The fraction of sp³-hybridized carbons (Fsp3) is 0.583. The van der Waals surface area contributed by atoms with Crippen molar-refractivity contribution in [1.29, 1.82) is 0 Å². The van der Waals surface area contributed by atoms with E-state index >= 15 is 0 Å². The summed E-state index contributed by atoms with van der Waals surface area (Å²) in [5, 5.41) is 3.77. The summed E-state index contributed by atoms with van der Waals surface area (Å²) >= 11 is 0. The fourth-order valence-electron chi connectivity index (χ4n) is 2.85. The summed E-state index contributed by atoms with van der Waals surface area (Å²) in [5.74, 6) is 0.477. The quantitative estimate of drug-likeness (QED) is 0.693. The number of aromatic nitrogens is 1. The summed E-state index contributed by atoms with van der Waals surface area (Å²) in [7, 11) is 0. The number of rotatable bonds is 1. The number of anilines is 1. The summed E-state index contributed by atoms with van der Waals surface area (Å²) in [6.07, 6.45) is 3.71. The van der Waals surface area contributed by atoms with Crippen molar-refractivity contribution in [2.24, 2.45) is 11.8 Å². The zero-order valence-electron chi connectivity index (χ0n) is 9.68. The second kappa shape index (κ2) is 3.68. The molecule has 1 aromatic heterocycles. The molecule has 0 spiro atoms. The molecule has 0 radical (unpaired) electrons. The minimum absolute atomic E-state index is 0.104. The van der Waals surface area contributed by atoms with E-state index in [2.05, 4.69) is 5.16 Å². The van der Waals surface area contributed by atoms with Gasteiger partial charge in [-0.3, -0.25) is 9.59 Å². The van der Waals surface area contributed by atoms with Gasteiger partial charge in [-0.25, -0.2) is 4.90 Å². The maximum atomic E-state index is 12.2. The van der Waals surface area contributed by atoms with Crippen molar-refractivity contribution in [3.05, 3.63) is 11.8 Å². The first-order chi connectivity index (χ1) is 8.18. The third-order valence-corrected chi connectivity index (χ3v) is 3.69. The summed E-state index contributed by atoms with van der Waals surface area (Å²) < 4.78 is 4.93. The summed E-state index contributed by atoms with van der Waals surface area (Å²) in [5.41, 5.74) is 0. The number of hydrogen-bond acceptors (Lipinski definition) is 4. The number of nitrogens with zero attached hydrogens (tertiary/aromatic N) is 2. The average molecular weight is 234 g/mol. The second-order valence-corrected chi connectivity index (χ2v) is 4.81. The Morgan fingerprint density at radius 1 is 1.24 bits per heavy atom. The van der Waals surface area contributed by atoms with Crippen LogP contribution < -0.4 is 4.90 Å². The topological polar surface area (TPSA) is 63.4 Å². The van der Waals surface area contributed by atoms with Crippen molar-refractivity contribution in [2.45, 2.75) is 32.6 Å². The van der Waals surface area contributed by atoms with Crippen molar-refractivity contribution in [2.75, 3.05) is 4.90 Å². The van der Waals surface area contributed by atoms with Gasteiger partial charge in [-0.2, -0.15) is 0 Å². The largest absolute Gasteiger partial charge is 0.360 e. The highest BCUT2D eigenvalue weighted by Crippen LogP contribution is 2.39. The Balaban J connectivity index is 1.95. The van der Waals surface area contributed by atoms with E-state index in [-0.39, 0.29) is 23.7 Å². The average Bonchev–Trinajstić information content (AvgIpc) is 2.84. The van der Waals surface area contributed by atoms with Gasteiger partial charge in [0.15, 0.2) is 5.82 Å². The van der Waals surface area contributed by atoms with E-state index in [0.717, 1.165) is 25.7 Å². The molecule has 0 N–H and O–H groups in total. The van der Waals surface area contributed by atoms with Crippen molar-refractivity contribution in [3.8, 4) is 0 Å². The molecule has 2 heterocycles. The third-order valence-electron chi connectivity index (χ3n) is 3.69. The molecule has 3 rings (SSSR count). The molecule has 2 unspecified atom stereocenters. The van der Waals surface area contributed by atoms with Crippen molar-refractivity contribution < 1.29 is 14.1 Å². The molecular weight excluding hydrogens is 220 g/mol. The van der Waals surface area contributed by atoms with Gasteiger partial charge in [0.1, 0.15) is 5.76 Å². The van der Waals surface area contributed by atoms with Gasteiger partial charge >= 0.3 is 0 Å². The first-order valence-electron chi connectivity index (χ1n) is 5.99. The lowest BCUT2D eigenvalue weighted by atomic mass is 9.81. The van der Waals surface area contributed by atoms with Crippen molar-refractivity contribution in [3.63, 3.8) is 0 Å². The molecular formula is C12H14N2O3. The Morgan fingerprint density at radius 2 is 1.82 bits per heavy atom. The predicted molar refractivity (Wildman–Crippen MR) is 59.2 cm³/mol. The highest BCUT2D eigenvalue weighted by Gasteiger charge is 2.49. The summed E-state index contributed by atoms with van der Waals surface area (Å²) in [4.78, 5) is 25.6. The standard InChI is InChI=1S/C12H14N2O3/c1-7-6-10(13-17-7)14-11(15)8-4-2-3-5-9(8)12(14)16/h6,8-9H,2-5H2,1H3. The SMILES string of the molecule is Cc1cc(N2C(=O)C3CCCCC3C2=O)no1. The van der Waals surface area contributed by atoms with Crippen molar-refractivity contribution in [1.82, 2.24) is 5.16 Å². The molecule has 0 bridgehead atoms. The van der Waals surface area contributed by atoms with Crippen LogP contribution in [0.1, 0.15) is 31.4 Å². The highest BCUT2D eigenvalue weighted by atomic mass is 16.5. The summed E-state index contributed by atoms with van der Waals surface area (Å²) in [6, 6.07) is 1.63. The van der Waals surface area contributed by atoms with Gasteiger partial charge in [0.25, 0.3) is 0 Å². The lowest BCUT2D eigenvalue weighted by molar-refractivity contribution is -0.122. The van der Waals surface area contributed by atoms with Crippen LogP contribution in [0.5, 0.6) is 0 Å². The van der Waals surface area contributed by atoms with E-state index in [1.807, 2.05) is 0 Å². The molecule has 0 aromatic carbocycles. The molecule has 17 heavy (non-hydrogen) atoms. The van der Waals surface area contributed by atoms with E-state index in [1.54, 1.807) is 13.0 Å². The lowest BCUT2D eigenvalue weighted by Crippen LogP contribution is -2.31. The molecule has 1 aliphatic carbocycles. The molecule has 2 aliphatic rings. The molecule has 5 heteroatoms. The monoisotopic (exact) mass is 234 g/mol. The van der Waals surface area contributed by atoms with Crippen LogP contribution >= 0.6 is 0 Å². The van der Waals surface area contributed by atoms with Gasteiger partial charge in [0, 0.05) is 6.07 Å². The normalized spacial score (nSPS) is 28.6. The van der Waals surface area contributed by atoms with Gasteiger partial charge in [-0.05, 0) is 19.8 Å². The highest BCUT2D eigenvalue weighted by molar-refractivity contribution is 6.21. The third kappa shape index (κ3) is 1.49. The van der Waals surface area contributed by atoms with Crippen LogP contribution in [0.2, 0.25) is 0 Å². The molecule has 1 saturated heterocycles. The number of imide groups is 1. The zero-order valence-corrected chi connectivity index (χ0v) is 9.68. The molecule has 90 valence electrons. The second-order valence-electron chi connectivity index (χ2n) is 4.81. The number of amides is 2. The smallest absolute Gasteiger partial charge is 0.238 e. The molecule has 1 aromatic rings. The van der Waals surface area contributed by atoms with Crippen LogP contribution in [0.4, 0.5) is 5.82 Å². The van der Waals surface area contributed by atoms with Crippen LogP contribution in [0.15, 0.2) is 10.6 Å². The van der Waals surface area contributed by atoms with E-state index in [4.69, 9.17) is 4.52 Å². The maximum Gasteiger partial charge on any atom is 0.238 e. The number of carbonyl (C=O) groups excluding carboxylic acids is 2. The minimum atomic E-state index is -0.131. The Kier molecular flexibility index (Phi) is 2.28. The van der Waals surface area contributed by atoms with E-state index < -0.39 is 0 Å². The number of carbonyl (C=O) groups is 2. The molecule has 1 aliphatic heterocycles. The first-order valence-corrected chi connectivity index (χ1v) is 5.99. The van der Waals surface area contributed by atoms with E-state index in [0.29, 0.717) is 11.6 Å². The molecule has 2 fully saturated rings. The fourth-order valence-corrected chi connectivity index (χ4v) is 2.85. The van der Waals surface area contributed by atoms with Crippen LogP contribution in [0, 0.1) is 18.8 Å². The van der Waals surface area contributed by atoms with Gasteiger partial charge in [-0.15, -0.1) is 0 Å².